The lowest BCUT2D eigenvalue weighted by atomic mass is 9.97. The van der Waals surface area contributed by atoms with Crippen LogP contribution in [0.1, 0.15) is 111 Å². The molecule has 0 saturated heterocycles. The monoisotopic (exact) mass is 1110 g/mol. The van der Waals surface area contributed by atoms with Crippen LogP contribution in [0.4, 0.5) is 0 Å². The summed E-state index contributed by atoms with van der Waals surface area (Å²) in [4.78, 5) is 0. The van der Waals surface area contributed by atoms with Crippen molar-refractivity contribution in [3.8, 4) is 56.3 Å². The number of pyridine rings is 5. The maximum atomic E-state index is 7.64. The minimum atomic E-state index is -2.07. The molecule has 0 unspecified atom stereocenters. The molecule has 0 amide bonds. The zero-order valence-corrected chi connectivity index (χ0v) is 53.4. The average molecular weight is 1110 g/mol. The van der Waals surface area contributed by atoms with E-state index in [2.05, 4.69) is 299 Å². The van der Waals surface area contributed by atoms with Gasteiger partial charge >= 0.3 is 0 Å². The molecule has 0 bridgehead atoms. The van der Waals surface area contributed by atoms with Crippen LogP contribution in [-0.2, 0) is 48.1 Å². The van der Waals surface area contributed by atoms with Crippen LogP contribution in [0, 0.1) is 68.2 Å². The first kappa shape index (κ1) is 59.5. The van der Waals surface area contributed by atoms with Gasteiger partial charge in [0.1, 0.15) is 35.2 Å². The number of rotatable bonds is 9. The van der Waals surface area contributed by atoms with Crippen molar-refractivity contribution in [2.45, 2.75) is 116 Å². The predicted molar refractivity (Wildman–Crippen MR) is 350 cm³/mol. The van der Waals surface area contributed by atoms with Crippen LogP contribution in [0.3, 0.4) is 0 Å². The van der Waals surface area contributed by atoms with Crippen LogP contribution in [0.5, 0.6) is 0 Å². The Morgan fingerprint density at radius 1 is 0.361 bits per heavy atom. The molecule has 83 heavy (non-hydrogen) atoms. The minimum Gasteiger partial charge on any atom is -0.201 e. The Kier molecular flexibility index (Phi) is 21.7. The van der Waals surface area contributed by atoms with E-state index >= 15 is 0 Å². The standard InChI is InChI=1S/C17H22N.C16H20N.3C15H18N/c1-13(2)11-15-9-10-17(18(4)12-15)16-8-6-5-7-14(16)3;1-11-8-6-7-9-15(11)16-14(4)13(3)12(2)10-17(16)5;1-11-9-10-16(4)15(13(11)3)14-8-6-5-7-12(14)2;1-12(2)14-9-10-15(16(3)11-14)13-7-5-4-6-8-13;1-4-13-9-10-15(16(3)11-13)14-8-6-5-7-12(14)2/h5-10,12-13H,11H2,1-4H3;6-10H,1-5H3;5-10H,1-4H3;4-12H,1-3H3;5-11H,4H2,1-3H3/q5*+1/i;2D3;;;. The first-order chi connectivity index (χ1) is 40.8. The SMILES string of the molecule is CC(C)c1ccc(-c2ccccc2)[n+](C)c1.CCc1ccc(-c2ccccc2C)[n+](C)c1.Cc1ccccc1-c1c(C)c(C)cc[n+]1C.Cc1ccccc1-c1ccc(CC(C)C)c[n+]1C.[2H]C([2H])([2H])c1c[n+](C)c(-c2ccccc2C)c(C)c1C. The van der Waals surface area contributed by atoms with E-state index in [-0.39, 0.29) is 0 Å². The summed E-state index contributed by atoms with van der Waals surface area (Å²) < 4.78 is 33.7. The van der Waals surface area contributed by atoms with Gasteiger partial charge in [-0.05, 0) is 175 Å². The number of hydrogen-bond acceptors (Lipinski definition) is 0. The van der Waals surface area contributed by atoms with E-state index in [4.69, 9.17) is 4.11 Å². The molecule has 0 aliphatic heterocycles. The van der Waals surface area contributed by atoms with Gasteiger partial charge in [0.25, 0.3) is 0 Å². The smallest absolute Gasteiger partial charge is 0.201 e. The third-order valence-electron chi connectivity index (χ3n) is 15.8. The highest BCUT2D eigenvalue weighted by atomic mass is 14.9. The quantitative estimate of drug-likeness (QED) is 0.128. The summed E-state index contributed by atoms with van der Waals surface area (Å²) in [6.45, 7) is 25.9. The Hall–Kier alpha value is -8.15. The van der Waals surface area contributed by atoms with Crippen LogP contribution in [0.2, 0.25) is 0 Å². The Morgan fingerprint density at radius 2 is 0.795 bits per heavy atom. The summed E-state index contributed by atoms with van der Waals surface area (Å²) in [5, 5.41) is 0. The van der Waals surface area contributed by atoms with Crippen LogP contribution in [0.25, 0.3) is 56.3 Å². The summed E-state index contributed by atoms with van der Waals surface area (Å²) >= 11 is 0. The Bertz CT molecular complexity index is 3870. The highest BCUT2D eigenvalue weighted by molar-refractivity contribution is 5.67. The molecule has 5 nitrogen and oxygen atoms in total. The van der Waals surface area contributed by atoms with Crippen LogP contribution in [-0.4, -0.2) is 0 Å². The van der Waals surface area contributed by atoms with E-state index in [0.29, 0.717) is 17.4 Å². The fourth-order valence-electron chi connectivity index (χ4n) is 10.6. The third kappa shape index (κ3) is 17.0. The van der Waals surface area contributed by atoms with Gasteiger partial charge in [0, 0.05) is 89.6 Å². The van der Waals surface area contributed by atoms with Gasteiger partial charge in [-0.1, -0.05) is 126 Å². The van der Waals surface area contributed by atoms with E-state index in [9.17, 15) is 0 Å². The third-order valence-corrected chi connectivity index (χ3v) is 15.8. The van der Waals surface area contributed by atoms with Crippen molar-refractivity contribution in [3.63, 3.8) is 0 Å². The molecule has 0 N–H and O–H groups in total. The van der Waals surface area contributed by atoms with Crippen molar-refractivity contribution in [2.75, 3.05) is 0 Å². The van der Waals surface area contributed by atoms with Crippen LogP contribution in [0.15, 0.2) is 201 Å². The van der Waals surface area contributed by atoms with Gasteiger partial charge in [-0.2, -0.15) is 0 Å². The molecule has 10 rings (SSSR count). The topological polar surface area (TPSA) is 19.4 Å². The van der Waals surface area contributed by atoms with Gasteiger partial charge in [0.05, 0.1) is 0 Å². The Morgan fingerprint density at radius 3 is 1.24 bits per heavy atom. The summed E-state index contributed by atoms with van der Waals surface area (Å²) in [6, 6.07) is 59.7. The van der Waals surface area contributed by atoms with Crippen molar-refractivity contribution in [1.82, 2.24) is 0 Å². The van der Waals surface area contributed by atoms with Gasteiger partial charge in [-0.25, -0.2) is 22.8 Å². The molecule has 428 valence electrons. The van der Waals surface area contributed by atoms with Crippen molar-refractivity contribution >= 4 is 0 Å². The first-order valence-corrected chi connectivity index (χ1v) is 29.5. The second-order valence-electron chi connectivity index (χ2n) is 23.1. The molecular weight excluding hydrogens is 1010 g/mol. The number of aryl methyl sites for hydroxylation is 12. The lowest BCUT2D eigenvalue weighted by Gasteiger charge is -2.10. The van der Waals surface area contributed by atoms with Crippen molar-refractivity contribution < 1.29 is 26.9 Å². The highest BCUT2D eigenvalue weighted by Crippen LogP contribution is 2.28. The molecular formula is C78H96N5+5. The summed E-state index contributed by atoms with van der Waals surface area (Å²) in [5.74, 6) is 1.28. The lowest BCUT2D eigenvalue weighted by molar-refractivity contribution is -0.661. The number of aromatic nitrogens is 5. The molecule has 5 aromatic carbocycles. The fourth-order valence-corrected chi connectivity index (χ4v) is 10.6. The molecule has 10 aromatic rings. The van der Waals surface area contributed by atoms with Gasteiger partial charge in [-0.15, -0.1) is 0 Å². The molecule has 0 aliphatic rings. The average Bonchev–Trinajstić information content (AvgIpc) is 2.24. The molecule has 0 spiro atoms. The minimum absolute atomic E-state index is 0.426. The van der Waals surface area contributed by atoms with Crippen LogP contribution >= 0.6 is 0 Å². The molecule has 0 aliphatic carbocycles. The maximum absolute atomic E-state index is 7.64. The fraction of sp³-hybridized carbons (Fsp3) is 0.295. The second kappa shape index (κ2) is 30.2. The molecule has 0 fully saturated rings. The van der Waals surface area contributed by atoms with E-state index in [0.717, 1.165) is 35.2 Å². The summed E-state index contributed by atoms with van der Waals surface area (Å²) in [6.07, 6.45) is 12.8. The number of hydrogen-bond donors (Lipinski definition) is 0. The van der Waals surface area contributed by atoms with E-state index < -0.39 is 6.85 Å². The molecule has 0 atom stereocenters. The normalized spacial score (nSPS) is 11.3. The first-order valence-electron chi connectivity index (χ1n) is 31.0. The lowest BCUT2D eigenvalue weighted by Crippen LogP contribution is -2.33. The van der Waals surface area contributed by atoms with E-state index in [1.165, 1.54) is 95.1 Å². The zero-order valence-electron chi connectivity index (χ0n) is 56.4. The second-order valence-corrected chi connectivity index (χ2v) is 23.1. The Balaban J connectivity index is 0.000000172. The van der Waals surface area contributed by atoms with Gasteiger partial charge in [0.15, 0.2) is 31.0 Å². The maximum Gasteiger partial charge on any atom is 0.215 e. The highest BCUT2D eigenvalue weighted by Gasteiger charge is 2.20. The summed E-state index contributed by atoms with van der Waals surface area (Å²) in [7, 11) is 10.4. The van der Waals surface area contributed by atoms with Crippen molar-refractivity contribution in [1.29, 1.82) is 0 Å². The molecule has 5 heteroatoms. The van der Waals surface area contributed by atoms with Crippen molar-refractivity contribution in [2.24, 2.45) is 41.2 Å². The molecule has 5 aromatic heterocycles. The summed E-state index contributed by atoms with van der Waals surface area (Å²) in [5.41, 5.74) is 26.9. The van der Waals surface area contributed by atoms with E-state index in [1.54, 1.807) is 6.20 Å². The van der Waals surface area contributed by atoms with Gasteiger partial charge < -0.3 is 0 Å². The largest absolute Gasteiger partial charge is 0.215 e. The van der Waals surface area contributed by atoms with Crippen LogP contribution < -0.4 is 22.8 Å². The predicted octanol–water partition coefficient (Wildman–Crippen LogP) is 16.6. The number of benzene rings is 5. The van der Waals surface area contributed by atoms with E-state index in [1.807, 2.05) is 43.7 Å². The Labute approximate surface area is 505 Å². The molecule has 5 heterocycles. The number of nitrogens with zero attached hydrogens (tertiary/aromatic N) is 5. The van der Waals surface area contributed by atoms with Gasteiger partial charge in [0.2, 0.25) is 28.5 Å². The molecule has 0 radical (unpaired) electrons. The molecule has 0 saturated carbocycles. The zero-order chi connectivity index (χ0) is 63.0. The van der Waals surface area contributed by atoms with Crippen molar-refractivity contribution in [3.05, 3.63) is 268 Å². The van der Waals surface area contributed by atoms with Gasteiger partial charge in [-0.3, -0.25) is 0 Å².